The summed E-state index contributed by atoms with van der Waals surface area (Å²) in [5.41, 5.74) is 7.25. The number of hydrogen-bond donors (Lipinski definition) is 2. The first kappa shape index (κ1) is 17.1. The number of benzene rings is 1. The zero-order valence-electron chi connectivity index (χ0n) is 14.3. The molecule has 1 saturated carbocycles. The zero-order chi connectivity index (χ0) is 17.1. The van der Waals surface area contributed by atoms with Gasteiger partial charge in [0.25, 0.3) is 5.91 Å². The molecular weight excluding hydrogens is 302 g/mol. The van der Waals surface area contributed by atoms with Gasteiger partial charge in [0.2, 0.25) is 0 Å². The number of Topliss-reactive ketones (excluding diaryl/α,β-unsaturated/α-hetero) is 1. The Kier molecular flexibility index (Phi) is 5.31. The lowest BCUT2D eigenvalue weighted by atomic mass is 9.71. The van der Waals surface area contributed by atoms with E-state index in [1.165, 1.54) is 0 Å². The average Bonchev–Trinajstić information content (AvgIpc) is 2.61. The molecule has 0 aromatic heterocycles. The predicted molar refractivity (Wildman–Crippen MR) is 93.7 cm³/mol. The highest BCUT2D eigenvalue weighted by Crippen LogP contribution is 2.45. The number of amides is 1. The van der Waals surface area contributed by atoms with E-state index >= 15 is 0 Å². The van der Waals surface area contributed by atoms with Crippen LogP contribution >= 0.6 is 0 Å². The van der Waals surface area contributed by atoms with Gasteiger partial charge in [-0.1, -0.05) is 19.1 Å². The number of rotatable bonds is 6. The first-order valence-corrected chi connectivity index (χ1v) is 9.02. The largest absolute Gasteiger partial charge is 0.352 e. The Morgan fingerprint density at radius 2 is 2.04 bits per heavy atom. The second kappa shape index (κ2) is 7.45. The first-order chi connectivity index (χ1) is 11.7. The van der Waals surface area contributed by atoms with Crippen molar-refractivity contribution in [1.82, 2.24) is 10.2 Å². The molecular formula is C19H27N3O2. The van der Waals surface area contributed by atoms with Crippen LogP contribution in [-0.4, -0.2) is 42.3 Å². The van der Waals surface area contributed by atoms with E-state index in [0.29, 0.717) is 36.9 Å². The fraction of sp³-hybridized carbons (Fsp3) is 0.579. The Morgan fingerprint density at radius 3 is 2.67 bits per heavy atom. The number of carbonyl (C=O) groups is 2. The van der Waals surface area contributed by atoms with Gasteiger partial charge in [0.1, 0.15) is 5.78 Å². The van der Waals surface area contributed by atoms with Gasteiger partial charge in [-0.25, -0.2) is 0 Å². The third-order valence-electron chi connectivity index (χ3n) is 5.41. The molecule has 0 spiro atoms. The standard InChI is InChI=1S/C19H27N3O2/c1-2-22-15-8-9-16(17(23)12-15)18(22)13-4-6-14(7-5-13)19(24)21-11-3-10-20/h4-7,15-16,18H,2-3,8-12,20H2,1H3,(H,21,24). The van der Waals surface area contributed by atoms with Crippen LogP contribution in [0.3, 0.4) is 0 Å². The van der Waals surface area contributed by atoms with Gasteiger partial charge in [-0.15, -0.1) is 0 Å². The van der Waals surface area contributed by atoms with Crippen LogP contribution in [0.1, 0.15) is 54.6 Å². The highest BCUT2D eigenvalue weighted by Gasteiger charge is 2.46. The molecule has 4 rings (SSSR count). The van der Waals surface area contributed by atoms with Crippen molar-refractivity contribution in [3.8, 4) is 0 Å². The van der Waals surface area contributed by atoms with E-state index in [9.17, 15) is 9.59 Å². The Balaban J connectivity index is 1.75. The summed E-state index contributed by atoms with van der Waals surface area (Å²) in [4.78, 5) is 26.9. The van der Waals surface area contributed by atoms with E-state index in [1.54, 1.807) is 0 Å². The highest BCUT2D eigenvalue weighted by molar-refractivity contribution is 5.94. The average molecular weight is 329 g/mol. The summed E-state index contributed by atoms with van der Waals surface area (Å²) in [6, 6.07) is 8.32. The van der Waals surface area contributed by atoms with Gasteiger partial charge in [-0.3, -0.25) is 14.5 Å². The van der Waals surface area contributed by atoms with Gasteiger partial charge >= 0.3 is 0 Å². The summed E-state index contributed by atoms with van der Waals surface area (Å²) >= 11 is 0. The summed E-state index contributed by atoms with van der Waals surface area (Å²) < 4.78 is 0. The molecule has 3 N–H and O–H groups in total. The van der Waals surface area contributed by atoms with Crippen LogP contribution in [0, 0.1) is 5.92 Å². The summed E-state index contributed by atoms with van der Waals surface area (Å²) in [6.07, 6.45) is 3.60. The highest BCUT2D eigenvalue weighted by atomic mass is 16.1. The molecule has 2 bridgehead atoms. The maximum atomic E-state index is 12.3. The molecule has 2 aliphatic heterocycles. The van der Waals surface area contributed by atoms with Gasteiger partial charge in [0.05, 0.1) is 0 Å². The Morgan fingerprint density at radius 1 is 1.29 bits per heavy atom. The van der Waals surface area contributed by atoms with Crippen molar-refractivity contribution in [2.75, 3.05) is 19.6 Å². The van der Waals surface area contributed by atoms with Crippen LogP contribution in [0.2, 0.25) is 0 Å². The van der Waals surface area contributed by atoms with Crippen LogP contribution in [-0.2, 0) is 4.79 Å². The lowest BCUT2D eigenvalue weighted by molar-refractivity contribution is -0.137. The van der Waals surface area contributed by atoms with E-state index in [4.69, 9.17) is 5.73 Å². The maximum absolute atomic E-state index is 12.3. The zero-order valence-corrected chi connectivity index (χ0v) is 14.3. The predicted octanol–water partition coefficient (Wildman–Crippen LogP) is 1.88. The number of nitrogens with zero attached hydrogens (tertiary/aromatic N) is 1. The molecule has 1 amide bonds. The number of nitrogens with one attached hydrogen (secondary N) is 1. The van der Waals surface area contributed by atoms with Crippen molar-refractivity contribution in [2.45, 2.75) is 44.7 Å². The monoisotopic (exact) mass is 329 g/mol. The molecule has 3 aliphatic rings. The van der Waals surface area contributed by atoms with Crippen molar-refractivity contribution >= 4 is 11.7 Å². The number of carbonyl (C=O) groups excluding carboxylic acids is 2. The molecule has 1 aromatic rings. The normalized spacial score (nSPS) is 26.6. The molecule has 1 aromatic carbocycles. The second-order valence-corrected chi connectivity index (χ2v) is 6.80. The fourth-order valence-corrected chi connectivity index (χ4v) is 4.21. The van der Waals surface area contributed by atoms with Crippen LogP contribution < -0.4 is 11.1 Å². The molecule has 130 valence electrons. The van der Waals surface area contributed by atoms with Crippen LogP contribution in [0.5, 0.6) is 0 Å². The van der Waals surface area contributed by atoms with Crippen LogP contribution in [0.15, 0.2) is 24.3 Å². The first-order valence-electron chi connectivity index (χ1n) is 9.02. The van der Waals surface area contributed by atoms with E-state index in [-0.39, 0.29) is 17.9 Å². The van der Waals surface area contributed by atoms with E-state index in [0.717, 1.165) is 31.4 Å². The Bertz CT molecular complexity index is 599. The minimum absolute atomic E-state index is 0.0661. The number of piperidine rings is 2. The fourth-order valence-electron chi connectivity index (χ4n) is 4.21. The van der Waals surface area contributed by atoms with Crippen LogP contribution in [0.4, 0.5) is 0 Å². The molecule has 5 heteroatoms. The third kappa shape index (κ3) is 3.23. The van der Waals surface area contributed by atoms with Crippen molar-refractivity contribution in [3.05, 3.63) is 35.4 Å². The molecule has 5 nitrogen and oxygen atoms in total. The lowest BCUT2D eigenvalue weighted by Crippen LogP contribution is -2.54. The van der Waals surface area contributed by atoms with Crippen LogP contribution in [0.25, 0.3) is 0 Å². The van der Waals surface area contributed by atoms with Crippen molar-refractivity contribution in [1.29, 1.82) is 0 Å². The minimum atomic E-state index is -0.0661. The van der Waals surface area contributed by atoms with E-state index in [2.05, 4.69) is 17.1 Å². The topological polar surface area (TPSA) is 75.4 Å². The summed E-state index contributed by atoms with van der Waals surface area (Å²) in [5, 5.41) is 2.87. The van der Waals surface area contributed by atoms with Gasteiger partial charge < -0.3 is 11.1 Å². The van der Waals surface area contributed by atoms with Gasteiger partial charge in [0, 0.05) is 36.5 Å². The number of fused-ring (bicyclic) bond motifs is 3. The van der Waals surface area contributed by atoms with Crippen molar-refractivity contribution in [2.24, 2.45) is 11.7 Å². The maximum Gasteiger partial charge on any atom is 0.251 e. The van der Waals surface area contributed by atoms with Gasteiger partial charge in [-0.2, -0.15) is 0 Å². The number of hydrogen-bond acceptors (Lipinski definition) is 4. The molecule has 1 aliphatic carbocycles. The van der Waals surface area contributed by atoms with Gasteiger partial charge in [0.15, 0.2) is 0 Å². The molecule has 2 heterocycles. The second-order valence-electron chi connectivity index (χ2n) is 6.80. The van der Waals surface area contributed by atoms with Crippen molar-refractivity contribution < 1.29 is 9.59 Å². The minimum Gasteiger partial charge on any atom is -0.352 e. The molecule has 2 saturated heterocycles. The third-order valence-corrected chi connectivity index (χ3v) is 5.41. The van der Waals surface area contributed by atoms with E-state index in [1.807, 2.05) is 24.3 Å². The Labute approximate surface area is 143 Å². The molecule has 3 unspecified atom stereocenters. The number of nitrogens with two attached hydrogens (primary N) is 1. The number of ketones is 1. The molecule has 0 radical (unpaired) electrons. The molecule has 24 heavy (non-hydrogen) atoms. The SMILES string of the molecule is CCN1C2CCC(C(=O)C2)C1c1ccc(C(=O)NCCCN)cc1. The van der Waals surface area contributed by atoms with Gasteiger partial charge in [-0.05, 0) is 50.0 Å². The van der Waals surface area contributed by atoms with E-state index < -0.39 is 0 Å². The smallest absolute Gasteiger partial charge is 0.251 e. The summed E-state index contributed by atoms with van der Waals surface area (Å²) in [7, 11) is 0. The summed E-state index contributed by atoms with van der Waals surface area (Å²) in [6.45, 7) is 4.30. The quantitative estimate of drug-likeness (QED) is 0.782. The Hall–Kier alpha value is -1.72. The molecule has 3 fully saturated rings. The molecule has 3 atom stereocenters. The summed E-state index contributed by atoms with van der Waals surface area (Å²) in [5.74, 6) is 0.451. The lowest BCUT2D eigenvalue weighted by Gasteiger charge is -2.50. The van der Waals surface area contributed by atoms with Crippen molar-refractivity contribution in [3.63, 3.8) is 0 Å².